The van der Waals surface area contributed by atoms with Crippen molar-refractivity contribution in [3.05, 3.63) is 24.3 Å². The van der Waals surface area contributed by atoms with Crippen molar-refractivity contribution < 1.29 is 14.7 Å². The highest BCUT2D eigenvalue weighted by Gasteiger charge is 2.32. The molecule has 6 heteroatoms. The number of hydrogen-bond acceptors (Lipinski definition) is 3. The van der Waals surface area contributed by atoms with Crippen LogP contribution >= 0.6 is 11.8 Å². The van der Waals surface area contributed by atoms with E-state index in [-0.39, 0.29) is 17.9 Å². The Morgan fingerprint density at radius 2 is 2.19 bits per heavy atom. The largest absolute Gasteiger partial charge is 0.481 e. The van der Waals surface area contributed by atoms with Crippen LogP contribution in [-0.2, 0) is 4.79 Å². The molecular formula is C15H20N2O3S. The molecule has 0 saturated heterocycles. The number of benzene rings is 1. The van der Waals surface area contributed by atoms with E-state index < -0.39 is 5.97 Å². The van der Waals surface area contributed by atoms with E-state index in [1.165, 1.54) is 0 Å². The molecule has 0 radical (unpaired) electrons. The summed E-state index contributed by atoms with van der Waals surface area (Å²) in [5.74, 6) is -1.05. The van der Waals surface area contributed by atoms with Crippen LogP contribution in [0.15, 0.2) is 29.2 Å². The van der Waals surface area contributed by atoms with Crippen molar-refractivity contribution in [1.82, 2.24) is 5.32 Å². The Bertz CT molecular complexity index is 521. The Balaban J connectivity index is 1.83. The lowest BCUT2D eigenvalue weighted by Gasteiger charge is -2.16. The molecule has 1 aromatic rings. The third kappa shape index (κ3) is 4.39. The van der Waals surface area contributed by atoms with Crippen LogP contribution in [0.1, 0.15) is 19.3 Å². The third-order valence-corrected chi connectivity index (χ3v) is 4.55. The molecule has 0 bridgehead atoms. The van der Waals surface area contributed by atoms with Gasteiger partial charge >= 0.3 is 12.0 Å². The summed E-state index contributed by atoms with van der Waals surface area (Å²) in [6, 6.07) is 7.31. The summed E-state index contributed by atoms with van der Waals surface area (Å²) in [4.78, 5) is 24.0. The van der Waals surface area contributed by atoms with Crippen molar-refractivity contribution in [2.45, 2.75) is 24.2 Å². The molecule has 1 aliphatic rings. The molecule has 2 unspecified atom stereocenters. The minimum absolute atomic E-state index is 0.0331. The number of carbonyl (C=O) groups excluding carboxylic acids is 1. The molecule has 1 fully saturated rings. The summed E-state index contributed by atoms with van der Waals surface area (Å²) in [5.41, 5.74) is 0.737. The normalized spacial score (nSPS) is 21.0. The summed E-state index contributed by atoms with van der Waals surface area (Å²) >= 11 is 1.61. The van der Waals surface area contributed by atoms with Crippen molar-refractivity contribution >= 4 is 29.4 Å². The van der Waals surface area contributed by atoms with Crippen LogP contribution in [0, 0.1) is 11.8 Å². The van der Waals surface area contributed by atoms with Crippen molar-refractivity contribution in [3.8, 4) is 0 Å². The second-order valence-electron chi connectivity index (χ2n) is 5.20. The summed E-state index contributed by atoms with van der Waals surface area (Å²) in [7, 11) is 0. The Morgan fingerprint density at radius 3 is 2.90 bits per heavy atom. The van der Waals surface area contributed by atoms with E-state index in [0.717, 1.165) is 23.4 Å². The maximum absolute atomic E-state index is 11.9. The molecule has 2 rings (SSSR count). The van der Waals surface area contributed by atoms with Gasteiger partial charge in [0.15, 0.2) is 0 Å². The SMILES string of the molecule is CSc1cccc(NC(=O)NCC2CCCC2C(=O)O)c1. The summed E-state index contributed by atoms with van der Waals surface area (Å²) < 4.78 is 0. The highest BCUT2D eigenvalue weighted by Crippen LogP contribution is 2.31. The first-order valence-electron chi connectivity index (χ1n) is 7.02. The molecule has 0 aliphatic heterocycles. The standard InChI is InChI=1S/C15H20N2O3S/c1-21-12-6-3-5-11(8-12)17-15(20)16-9-10-4-2-7-13(10)14(18)19/h3,5-6,8,10,13H,2,4,7,9H2,1H3,(H,18,19)(H2,16,17,20). The fraction of sp³-hybridized carbons (Fsp3) is 0.467. The maximum atomic E-state index is 11.9. The molecule has 2 amide bonds. The predicted octanol–water partition coefficient (Wildman–Crippen LogP) is 3.03. The average molecular weight is 308 g/mol. The molecule has 1 aromatic carbocycles. The van der Waals surface area contributed by atoms with E-state index in [4.69, 9.17) is 5.11 Å². The molecule has 3 N–H and O–H groups in total. The molecule has 1 aliphatic carbocycles. The topological polar surface area (TPSA) is 78.4 Å². The van der Waals surface area contributed by atoms with Gasteiger partial charge in [-0.05, 0) is 43.2 Å². The van der Waals surface area contributed by atoms with E-state index in [1.54, 1.807) is 11.8 Å². The Kier molecular flexibility index (Phi) is 5.50. The highest BCUT2D eigenvalue weighted by molar-refractivity contribution is 7.98. The molecular weight excluding hydrogens is 288 g/mol. The van der Waals surface area contributed by atoms with Gasteiger partial charge in [0.2, 0.25) is 0 Å². The number of urea groups is 1. The second-order valence-corrected chi connectivity index (χ2v) is 6.08. The van der Waals surface area contributed by atoms with Crippen molar-refractivity contribution in [3.63, 3.8) is 0 Å². The van der Waals surface area contributed by atoms with Crippen LogP contribution < -0.4 is 10.6 Å². The van der Waals surface area contributed by atoms with Gasteiger partial charge < -0.3 is 15.7 Å². The minimum atomic E-state index is -0.757. The summed E-state index contributed by atoms with van der Waals surface area (Å²) in [6.45, 7) is 0.408. The lowest BCUT2D eigenvalue weighted by molar-refractivity contribution is -0.142. The summed E-state index contributed by atoms with van der Waals surface area (Å²) in [6.07, 6.45) is 4.46. The van der Waals surface area contributed by atoms with E-state index in [2.05, 4.69) is 10.6 Å². The number of amides is 2. The number of nitrogens with one attached hydrogen (secondary N) is 2. The number of rotatable bonds is 5. The zero-order valence-electron chi connectivity index (χ0n) is 12.0. The molecule has 2 atom stereocenters. The van der Waals surface area contributed by atoms with Crippen LogP contribution in [0.3, 0.4) is 0 Å². The molecule has 5 nitrogen and oxygen atoms in total. The number of aliphatic carboxylic acids is 1. The van der Waals surface area contributed by atoms with Gasteiger partial charge in [-0.1, -0.05) is 12.5 Å². The fourth-order valence-electron chi connectivity index (χ4n) is 2.71. The minimum Gasteiger partial charge on any atom is -0.481 e. The van der Waals surface area contributed by atoms with Crippen LogP contribution in [-0.4, -0.2) is 29.9 Å². The third-order valence-electron chi connectivity index (χ3n) is 3.83. The van der Waals surface area contributed by atoms with Crippen LogP contribution in [0.2, 0.25) is 0 Å². The number of carboxylic acid groups (broad SMARTS) is 1. The molecule has 21 heavy (non-hydrogen) atoms. The predicted molar refractivity (Wildman–Crippen MR) is 83.7 cm³/mol. The van der Waals surface area contributed by atoms with Gasteiger partial charge in [0.05, 0.1) is 5.92 Å². The molecule has 114 valence electrons. The van der Waals surface area contributed by atoms with E-state index in [1.807, 2.05) is 30.5 Å². The number of carbonyl (C=O) groups is 2. The zero-order chi connectivity index (χ0) is 15.2. The van der Waals surface area contributed by atoms with Gasteiger partial charge in [-0.15, -0.1) is 11.8 Å². The van der Waals surface area contributed by atoms with Crippen LogP contribution in [0.4, 0.5) is 10.5 Å². The van der Waals surface area contributed by atoms with Crippen LogP contribution in [0.25, 0.3) is 0 Å². The van der Waals surface area contributed by atoms with Gasteiger partial charge in [-0.25, -0.2) is 4.79 Å². The van der Waals surface area contributed by atoms with Crippen molar-refractivity contribution in [2.24, 2.45) is 11.8 Å². The zero-order valence-corrected chi connectivity index (χ0v) is 12.8. The molecule has 0 spiro atoms. The van der Waals surface area contributed by atoms with Gasteiger partial charge in [0, 0.05) is 17.1 Å². The fourth-order valence-corrected chi connectivity index (χ4v) is 3.17. The maximum Gasteiger partial charge on any atom is 0.319 e. The quantitative estimate of drug-likeness (QED) is 0.731. The van der Waals surface area contributed by atoms with E-state index in [0.29, 0.717) is 13.0 Å². The molecule has 0 aromatic heterocycles. The average Bonchev–Trinajstić information content (AvgIpc) is 2.94. The number of thioether (sulfide) groups is 1. The van der Waals surface area contributed by atoms with Gasteiger partial charge in [-0.2, -0.15) is 0 Å². The van der Waals surface area contributed by atoms with Crippen LogP contribution in [0.5, 0.6) is 0 Å². The lowest BCUT2D eigenvalue weighted by Crippen LogP contribution is -2.35. The van der Waals surface area contributed by atoms with Gasteiger partial charge in [0.1, 0.15) is 0 Å². The van der Waals surface area contributed by atoms with E-state index in [9.17, 15) is 9.59 Å². The smallest absolute Gasteiger partial charge is 0.319 e. The van der Waals surface area contributed by atoms with Crippen molar-refractivity contribution in [1.29, 1.82) is 0 Å². The first kappa shape index (κ1) is 15.7. The lowest BCUT2D eigenvalue weighted by atomic mass is 9.96. The van der Waals surface area contributed by atoms with Gasteiger partial charge in [-0.3, -0.25) is 4.79 Å². The number of carboxylic acids is 1. The monoisotopic (exact) mass is 308 g/mol. The highest BCUT2D eigenvalue weighted by atomic mass is 32.2. The molecule has 1 saturated carbocycles. The first-order valence-corrected chi connectivity index (χ1v) is 8.24. The Labute approximate surface area is 128 Å². The first-order chi connectivity index (χ1) is 10.1. The van der Waals surface area contributed by atoms with Gasteiger partial charge in [0.25, 0.3) is 0 Å². The summed E-state index contributed by atoms with van der Waals surface area (Å²) in [5, 5.41) is 14.7. The Hall–Kier alpha value is -1.69. The van der Waals surface area contributed by atoms with Crippen molar-refractivity contribution in [2.75, 3.05) is 18.1 Å². The van der Waals surface area contributed by atoms with E-state index >= 15 is 0 Å². The molecule has 0 heterocycles. The Morgan fingerprint density at radius 1 is 1.38 bits per heavy atom. The number of anilines is 1. The number of hydrogen-bond donors (Lipinski definition) is 3. The second kappa shape index (κ2) is 7.36.